The Morgan fingerprint density at radius 2 is 1.86 bits per heavy atom. The summed E-state index contributed by atoms with van der Waals surface area (Å²) < 4.78 is 5.28. The first-order valence-corrected chi connectivity index (χ1v) is 7.87. The molecule has 0 aliphatic rings. The first kappa shape index (κ1) is 17.5. The van der Waals surface area contributed by atoms with Crippen molar-refractivity contribution < 1.29 is 9.53 Å². The molecule has 0 radical (unpaired) electrons. The monoisotopic (exact) mass is 291 g/mol. The summed E-state index contributed by atoms with van der Waals surface area (Å²) >= 11 is 0. The van der Waals surface area contributed by atoms with E-state index in [0.717, 1.165) is 25.1 Å². The maximum Gasteiger partial charge on any atom is 0.306 e. The van der Waals surface area contributed by atoms with Crippen LogP contribution in [0.3, 0.4) is 0 Å². The molecule has 1 aromatic carbocycles. The van der Waals surface area contributed by atoms with Gasteiger partial charge >= 0.3 is 5.97 Å². The van der Waals surface area contributed by atoms with Gasteiger partial charge in [-0.05, 0) is 57.2 Å². The second-order valence-electron chi connectivity index (χ2n) is 6.55. The number of carbonyl (C=O) groups is 1. The highest BCUT2D eigenvalue weighted by molar-refractivity contribution is 5.69. The summed E-state index contributed by atoms with van der Waals surface area (Å²) in [6, 6.07) is 8.55. The van der Waals surface area contributed by atoms with Gasteiger partial charge in [0.05, 0.1) is 0 Å². The van der Waals surface area contributed by atoms with E-state index in [1.165, 1.54) is 5.56 Å². The Hall–Kier alpha value is -1.51. The lowest BCUT2D eigenvalue weighted by atomic mass is 9.99. The van der Waals surface area contributed by atoms with Crippen LogP contribution in [-0.2, 0) is 9.53 Å². The fourth-order valence-corrected chi connectivity index (χ4v) is 2.02. The molecule has 21 heavy (non-hydrogen) atoms. The van der Waals surface area contributed by atoms with E-state index in [2.05, 4.69) is 43.4 Å². The number of ether oxygens (including phenoxy) is 1. The summed E-state index contributed by atoms with van der Waals surface area (Å²) in [6.45, 7) is 10.9. The Labute approximate surface area is 129 Å². The van der Waals surface area contributed by atoms with Crippen molar-refractivity contribution >= 4 is 11.7 Å². The summed E-state index contributed by atoms with van der Waals surface area (Å²) in [6.07, 6.45) is 2.39. The van der Waals surface area contributed by atoms with Crippen LogP contribution in [0.4, 0.5) is 5.69 Å². The zero-order valence-corrected chi connectivity index (χ0v) is 14.0. The molecule has 1 rings (SSSR count). The molecule has 3 heteroatoms. The molecule has 1 unspecified atom stereocenters. The minimum Gasteiger partial charge on any atom is -0.460 e. The smallest absolute Gasteiger partial charge is 0.306 e. The van der Waals surface area contributed by atoms with Crippen LogP contribution in [0, 0.1) is 0 Å². The van der Waals surface area contributed by atoms with Gasteiger partial charge in [0.25, 0.3) is 0 Å². The highest BCUT2D eigenvalue weighted by atomic mass is 16.6. The van der Waals surface area contributed by atoms with E-state index in [4.69, 9.17) is 4.74 Å². The second-order valence-corrected chi connectivity index (χ2v) is 6.55. The van der Waals surface area contributed by atoms with Crippen LogP contribution >= 0.6 is 0 Å². The molecule has 3 nitrogen and oxygen atoms in total. The third-order valence-corrected chi connectivity index (χ3v) is 3.40. The van der Waals surface area contributed by atoms with Crippen LogP contribution in [0.25, 0.3) is 0 Å². The fraction of sp³-hybridized carbons (Fsp3) is 0.611. The lowest BCUT2D eigenvalue weighted by molar-refractivity contribution is -0.154. The van der Waals surface area contributed by atoms with Gasteiger partial charge in [-0.25, -0.2) is 0 Å². The Kier molecular flexibility index (Phi) is 6.73. The van der Waals surface area contributed by atoms with Crippen molar-refractivity contribution in [2.24, 2.45) is 0 Å². The van der Waals surface area contributed by atoms with Gasteiger partial charge < -0.3 is 10.1 Å². The van der Waals surface area contributed by atoms with Gasteiger partial charge in [0.15, 0.2) is 0 Å². The van der Waals surface area contributed by atoms with E-state index in [9.17, 15) is 4.79 Å². The van der Waals surface area contributed by atoms with Gasteiger partial charge in [0.1, 0.15) is 5.60 Å². The molecule has 0 amide bonds. The van der Waals surface area contributed by atoms with Gasteiger partial charge in [0, 0.05) is 18.7 Å². The Morgan fingerprint density at radius 3 is 2.38 bits per heavy atom. The number of rotatable bonds is 7. The van der Waals surface area contributed by atoms with Crippen LogP contribution < -0.4 is 5.32 Å². The molecule has 0 spiro atoms. The molecule has 0 aliphatic carbocycles. The van der Waals surface area contributed by atoms with Gasteiger partial charge in [0.2, 0.25) is 0 Å². The minimum atomic E-state index is -0.393. The van der Waals surface area contributed by atoms with Crippen LogP contribution in [0.5, 0.6) is 0 Å². The highest BCUT2D eigenvalue weighted by Crippen LogP contribution is 2.20. The van der Waals surface area contributed by atoms with Crippen molar-refractivity contribution in [3.05, 3.63) is 29.8 Å². The molecule has 1 atom stereocenters. The lowest BCUT2D eigenvalue weighted by Gasteiger charge is -2.19. The molecule has 0 saturated carbocycles. The third kappa shape index (κ3) is 7.16. The van der Waals surface area contributed by atoms with E-state index in [0.29, 0.717) is 12.3 Å². The van der Waals surface area contributed by atoms with Crippen LogP contribution in [0.2, 0.25) is 0 Å². The first-order chi connectivity index (χ1) is 9.81. The molecule has 0 saturated heterocycles. The van der Waals surface area contributed by atoms with E-state index in [-0.39, 0.29) is 5.97 Å². The summed E-state index contributed by atoms with van der Waals surface area (Å²) in [5.74, 6) is 0.475. The number of hydrogen-bond donors (Lipinski definition) is 1. The van der Waals surface area contributed by atoms with Gasteiger partial charge in [-0.15, -0.1) is 0 Å². The van der Waals surface area contributed by atoms with E-state index < -0.39 is 5.60 Å². The lowest BCUT2D eigenvalue weighted by Crippen LogP contribution is -2.24. The van der Waals surface area contributed by atoms with Crippen molar-refractivity contribution in [1.29, 1.82) is 0 Å². The predicted molar refractivity (Wildman–Crippen MR) is 88.7 cm³/mol. The summed E-state index contributed by atoms with van der Waals surface area (Å²) in [4.78, 5) is 11.6. The quantitative estimate of drug-likeness (QED) is 0.583. The molecule has 0 heterocycles. The van der Waals surface area contributed by atoms with Crippen molar-refractivity contribution in [1.82, 2.24) is 0 Å². The molecule has 0 bridgehead atoms. The van der Waals surface area contributed by atoms with Gasteiger partial charge in [-0.3, -0.25) is 4.79 Å². The summed E-state index contributed by atoms with van der Waals surface area (Å²) in [5.41, 5.74) is 2.08. The summed E-state index contributed by atoms with van der Waals surface area (Å²) in [7, 11) is 0. The Balaban J connectivity index is 2.28. The van der Waals surface area contributed by atoms with Crippen molar-refractivity contribution in [2.75, 3.05) is 11.9 Å². The van der Waals surface area contributed by atoms with Crippen LogP contribution in [0.1, 0.15) is 65.4 Å². The second kappa shape index (κ2) is 8.06. The molecular formula is C18H29NO2. The van der Waals surface area contributed by atoms with Gasteiger partial charge in [-0.1, -0.05) is 26.0 Å². The Morgan fingerprint density at radius 1 is 1.24 bits per heavy atom. The average Bonchev–Trinajstić information content (AvgIpc) is 2.41. The number of carbonyl (C=O) groups excluding carboxylic acids is 1. The van der Waals surface area contributed by atoms with Crippen molar-refractivity contribution in [3.8, 4) is 0 Å². The molecule has 118 valence electrons. The van der Waals surface area contributed by atoms with Crippen molar-refractivity contribution in [3.63, 3.8) is 0 Å². The number of anilines is 1. The third-order valence-electron chi connectivity index (χ3n) is 3.40. The molecular weight excluding hydrogens is 262 g/mol. The molecule has 0 aromatic heterocycles. The molecule has 0 aliphatic heterocycles. The number of benzene rings is 1. The van der Waals surface area contributed by atoms with E-state index in [1.807, 2.05) is 20.8 Å². The van der Waals surface area contributed by atoms with Crippen LogP contribution in [-0.4, -0.2) is 18.1 Å². The highest BCUT2D eigenvalue weighted by Gasteiger charge is 2.15. The maximum absolute atomic E-state index is 11.6. The standard InChI is InChI=1S/C18H29NO2/c1-6-14(2)15-9-11-16(12-10-15)19-13-7-8-17(20)21-18(3,4)5/h9-12,14,19H,6-8,13H2,1-5H3. The van der Waals surface area contributed by atoms with Gasteiger partial charge in [-0.2, -0.15) is 0 Å². The number of nitrogens with one attached hydrogen (secondary N) is 1. The minimum absolute atomic E-state index is 0.128. The normalized spacial score (nSPS) is 12.8. The first-order valence-electron chi connectivity index (χ1n) is 7.87. The van der Waals surface area contributed by atoms with E-state index >= 15 is 0 Å². The zero-order valence-electron chi connectivity index (χ0n) is 14.0. The van der Waals surface area contributed by atoms with Crippen molar-refractivity contribution in [2.45, 2.75) is 65.4 Å². The molecule has 0 fully saturated rings. The summed E-state index contributed by atoms with van der Waals surface area (Å²) in [5, 5.41) is 3.34. The largest absolute Gasteiger partial charge is 0.460 e. The fourth-order valence-electron chi connectivity index (χ4n) is 2.02. The SMILES string of the molecule is CCC(C)c1ccc(NCCCC(=O)OC(C)(C)C)cc1. The Bertz CT molecular complexity index is 432. The zero-order chi connectivity index (χ0) is 15.9. The topological polar surface area (TPSA) is 38.3 Å². The number of hydrogen-bond acceptors (Lipinski definition) is 3. The predicted octanol–water partition coefficient (Wildman–Crippen LogP) is 4.73. The molecule has 1 aromatic rings. The van der Waals surface area contributed by atoms with E-state index in [1.54, 1.807) is 0 Å². The number of esters is 1. The van der Waals surface area contributed by atoms with Crippen LogP contribution in [0.15, 0.2) is 24.3 Å². The maximum atomic E-state index is 11.6. The average molecular weight is 291 g/mol. The molecule has 1 N–H and O–H groups in total.